The zero-order valence-corrected chi connectivity index (χ0v) is 13.3. The van der Waals surface area contributed by atoms with E-state index in [1.807, 2.05) is 27.7 Å². The van der Waals surface area contributed by atoms with E-state index in [0.717, 1.165) is 12.8 Å². The lowest BCUT2D eigenvalue weighted by atomic mass is 9.89. The summed E-state index contributed by atoms with van der Waals surface area (Å²) in [5.41, 5.74) is 9.96. The van der Waals surface area contributed by atoms with Crippen LogP contribution in [0, 0.1) is 10.8 Å². The molecule has 0 bridgehead atoms. The molecule has 0 heterocycles. The monoisotopic (exact) mass is 282 g/mol. The summed E-state index contributed by atoms with van der Waals surface area (Å²) in [6.45, 7) is 7.98. The topological polar surface area (TPSA) is 124 Å². The molecule has 0 spiro atoms. The quantitative estimate of drug-likeness (QED) is 0.279. The van der Waals surface area contributed by atoms with Crippen LogP contribution < -0.4 is 11.5 Å². The average Bonchev–Trinajstić information content (AvgIpc) is 2.41. The predicted octanol–water partition coefficient (Wildman–Crippen LogP) is 3.21. The van der Waals surface area contributed by atoms with Crippen LogP contribution in [-0.2, 0) is 0 Å². The first-order chi connectivity index (χ1) is 9.34. The molecule has 0 aromatic rings. The van der Waals surface area contributed by atoms with Gasteiger partial charge in [-0.25, -0.2) is 0 Å². The second-order valence-corrected chi connectivity index (χ2v) is 5.30. The fraction of sp³-hybridized carbons (Fsp3) is 0.857. The summed E-state index contributed by atoms with van der Waals surface area (Å²) in [7, 11) is 0. The van der Waals surface area contributed by atoms with Gasteiger partial charge in [0.05, 0.1) is 0 Å². The Morgan fingerprint density at radius 3 is 1.25 bits per heavy atom. The summed E-state index contributed by atoms with van der Waals surface area (Å²) >= 11 is 0. The summed E-state index contributed by atoms with van der Waals surface area (Å²) in [5, 5.41) is 24.4. The van der Waals surface area contributed by atoms with Crippen LogP contribution in [0.3, 0.4) is 0 Å². The van der Waals surface area contributed by atoms with Gasteiger partial charge < -0.3 is 11.5 Å². The van der Waals surface area contributed by atoms with E-state index in [9.17, 15) is 0 Å². The standard InChI is InChI=1S/C14H30N6/c1-5-9-13(7-3,11(15)16)19-20-14(8-4,10-6-2)12(17)18/h5-10H2,1-4H3,(H3,15,16)(H3,17,18)/b20-19+. The molecule has 0 aromatic carbocycles. The first kappa shape index (κ1) is 18.5. The van der Waals surface area contributed by atoms with E-state index in [1.165, 1.54) is 0 Å². The van der Waals surface area contributed by atoms with Crippen molar-refractivity contribution in [3.63, 3.8) is 0 Å². The molecule has 0 amide bonds. The molecule has 0 saturated heterocycles. The Morgan fingerprint density at radius 2 is 1.10 bits per heavy atom. The molecule has 0 fully saturated rings. The third kappa shape index (κ3) is 4.02. The predicted molar refractivity (Wildman–Crippen MR) is 84.5 cm³/mol. The van der Waals surface area contributed by atoms with Crippen molar-refractivity contribution in [2.75, 3.05) is 0 Å². The zero-order chi connectivity index (χ0) is 15.8. The van der Waals surface area contributed by atoms with Crippen LogP contribution in [0.5, 0.6) is 0 Å². The minimum absolute atomic E-state index is 0.0376. The smallest absolute Gasteiger partial charge is 0.137 e. The Morgan fingerprint density at radius 1 is 0.800 bits per heavy atom. The van der Waals surface area contributed by atoms with Crippen LogP contribution in [0.15, 0.2) is 10.2 Å². The second-order valence-electron chi connectivity index (χ2n) is 5.30. The molecule has 20 heavy (non-hydrogen) atoms. The number of nitrogens with zero attached hydrogens (tertiary/aromatic N) is 2. The van der Waals surface area contributed by atoms with Gasteiger partial charge in [-0.3, -0.25) is 10.8 Å². The highest BCUT2D eigenvalue weighted by Gasteiger charge is 2.35. The second kappa shape index (κ2) is 7.97. The highest BCUT2D eigenvalue weighted by Crippen LogP contribution is 2.28. The van der Waals surface area contributed by atoms with Crippen molar-refractivity contribution in [2.45, 2.75) is 77.3 Å². The maximum Gasteiger partial charge on any atom is 0.137 e. The van der Waals surface area contributed by atoms with Gasteiger partial charge in [0, 0.05) is 0 Å². The number of rotatable bonds is 10. The van der Waals surface area contributed by atoms with Crippen LogP contribution in [-0.4, -0.2) is 22.7 Å². The van der Waals surface area contributed by atoms with Gasteiger partial charge in [0.1, 0.15) is 22.7 Å². The highest BCUT2D eigenvalue weighted by atomic mass is 15.2. The van der Waals surface area contributed by atoms with Gasteiger partial charge in [-0.15, -0.1) is 0 Å². The molecule has 6 nitrogen and oxygen atoms in total. The van der Waals surface area contributed by atoms with Crippen LogP contribution in [0.2, 0.25) is 0 Å². The summed E-state index contributed by atoms with van der Waals surface area (Å²) in [5.74, 6) is 0.0753. The molecule has 0 aliphatic rings. The minimum atomic E-state index is -0.752. The van der Waals surface area contributed by atoms with Gasteiger partial charge in [-0.1, -0.05) is 40.5 Å². The fourth-order valence-corrected chi connectivity index (χ4v) is 2.37. The molecule has 0 radical (unpaired) electrons. The lowest BCUT2D eigenvalue weighted by Gasteiger charge is -2.30. The molecule has 6 heteroatoms. The molecule has 116 valence electrons. The number of amidine groups is 2. The highest BCUT2D eigenvalue weighted by molar-refractivity contribution is 5.88. The summed E-state index contributed by atoms with van der Waals surface area (Å²) < 4.78 is 0. The lowest BCUT2D eigenvalue weighted by molar-refractivity contribution is 0.408. The molecule has 0 aliphatic heterocycles. The van der Waals surface area contributed by atoms with E-state index in [-0.39, 0.29) is 11.7 Å². The Balaban J connectivity index is 5.55. The molecule has 2 atom stereocenters. The molecule has 0 saturated carbocycles. The van der Waals surface area contributed by atoms with Crippen molar-refractivity contribution in [1.82, 2.24) is 0 Å². The number of nitrogens with one attached hydrogen (secondary N) is 2. The van der Waals surface area contributed by atoms with Crippen LogP contribution in [0.25, 0.3) is 0 Å². The van der Waals surface area contributed by atoms with Crippen LogP contribution in [0.4, 0.5) is 0 Å². The third-order valence-electron chi connectivity index (χ3n) is 3.93. The van der Waals surface area contributed by atoms with Gasteiger partial charge >= 0.3 is 0 Å². The Bertz CT molecular complexity index is 331. The van der Waals surface area contributed by atoms with Gasteiger partial charge in [-0.05, 0) is 25.7 Å². The summed E-state index contributed by atoms with van der Waals surface area (Å²) in [6.07, 6.45) is 4.38. The van der Waals surface area contributed by atoms with Crippen LogP contribution in [0.1, 0.15) is 66.2 Å². The van der Waals surface area contributed by atoms with Gasteiger partial charge in [0.2, 0.25) is 0 Å². The van der Waals surface area contributed by atoms with E-state index in [1.54, 1.807) is 0 Å². The normalized spacial score (nSPS) is 17.6. The number of hydrogen-bond acceptors (Lipinski definition) is 4. The molecular formula is C14H30N6. The first-order valence-electron chi connectivity index (χ1n) is 7.47. The van der Waals surface area contributed by atoms with E-state index in [4.69, 9.17) is 22.3 Å². The Hall–Kier alpha value is -1.46. The third-order valence-corrected chi connectivity index (χ3v) is 3.93. The number of azo groups is 1. The SMILES string of the molecule is CCCC(CC)(/N=N/C(CC)(CCC)C(=N)N)C(=N)N. The first-order valence-corrected chi connectivity index (χ1v) is 7.47. The average molecular weight is 282 g/mol. The molecule has 0 aromatic heterocycles. The van der Waals surface area contributed by atoms with Crippen molar-refractivity contribution in [3.05, 3.63) is 0 Å². The van der Waals surface area contributed by atoms with Crippen molar-refractivity contribution in [1.29, 1.82) is 10.8 Å². The largest absolute Gasteiger partial charge is 0.386 e. The lowest BCUT2D eigenvalue weighted by Crippen LogP contribution is -2.44. The Labute approximate surface area is 122 Å². The molecule has 0 rings (SSSR count). The zero-order valence-electron chi connectivity index (χ0n) is 13.3. The molecular weight excluding hydrogens is 252 g/mol. The summed E-state index contributed by atoms with van der Waals surface area (Å²) in [4.78, 5) is 0. The molecule has 0 aliphatic carbocycles. The van der Waals surface area contributed by atoms with Crippen molar-refractivity contribution < 1.29 is 0 Å². The van der Waals surface area contributed by atoms with Crippen molar-refractivity contribution in [3.8, 4) is 0 Å². The van der Waals surface area contributed by atoms with Gasteiger partial charge in [0.15, 0.2) is 0 Å². The maximum atomic E-state index is 7.82. The van der Waals surface area contributed by atoms with Crippen molar-refractivity contribution >= 4 is 11.7 Å². The summed E-state index contributed by atoms with van der Waals surface area (Å²) in [6, 6.07) is 0. The fourth-order valence-electron chi connectivity index (χ4n) is 2.37. The Kier molecular flexibility index (Phi) is 7.39. The molecule has 6 N–H and O–H groups in total. The van der Waals surface area contributed by atoms with E-state index >= 15 is 0 Å². The molecule has 2 unspecified atom stereocenters. The van der Waals surface area contributed by atoms with Gasteiger partial charge in [-0.2, -0.15) is 10.2 Å². The number of hydrogen-bond donors (Lipinski definition) is 4. The van der Waals surface area contributed by atoms with E-state index < -0.39 is 11.1 Å². The minimum Gasteiger partial charge on any atom is -0.386 e. The number of nitrogens with two attached hydrogens (primary N) is 2. The van der Waals surface area contributed by atoms with E-state index in [0.29, 0.717) is 25.7 Å². The van der Waals surface area contributed by atoms with Gasteiger partial charge in [0.25, 0.3) is 0 Å². The van der Waals surface area contributed by atoms with Crippen LogP contribution >= 0.6 is 0 Å². The van der Waals surface area contributed by atoms with Crippen molar-refractivity contribution in [2.24, 2.45) is 21.7 Å². The van der Waals surface area contributed by atoms with E-state index in [2.05, 4.69) is 10.2 Å². The maximum absolute atomic E-state index is 7.82.